The highest BCUT2D eigenvalue weighted by Crippen LogP contribution is 2.36. The van der Waals surface area contributed by atoms with E-state index in [0.717, 1.165) is 28.2 Å². The Morgan fingerprint density at radius 2 is 1.50 bits per heavy atom. The summed E-state index contributed by atoms with van der Waals surface area (Å²) in [5, 5.41) is 18.8. The van der Waals surface area contributed by atoms with Crippen LogP contribution in [0.25, 0.3) is 0 Å². The summed E-state index contributed by atoms with van der Waals surface area (Å²) in [6, 6.07) is 20.7. The summed E-state index contributed by atoms with van der Waals surface area (Å²) in [6.07, 6.45) is 7.17. The van der Waals surface area contributed by atoms with Gasteiger partial charge in [-0.25, -0.2) is 0 Å². The van der Waals surface area contributed by atoms with Crippen LogP contribution in [0.3, 0.4) is 0 Å². The molecule has 0 spiro atoms. The van der Waals surface area contributed by atoms with Crippen molar-refractivity contribution in [2.24, 2.45) is 0 Å². The van der Waals surface area contributed by atoms with Gasteiger partial charge in [0.25, 0.3) is 0 Å². The Labute approximate surface area is 213 Å². The van der Waals surface area contributed by atoms with Gasteiger partial charge >= 0.3 is 0 Å². The second kappa shape index (κ2) is 10.6. The van der Waals surface area contributed by atoms with Gasteiger partial charge in [0.15, 0.2) is 5.82 Å². The topological polar surface area (TPSA) is 57.7 Å². The molecule has 0 N–H and O–H groups in total. The van der Waals surface area contributed by atoms with E-state index in [1.807, 2.05) is 41.0 Å². The van der Waals surface area contributed by atoms with Gasteiger partial charge in [0, 0.05) is 12.1 Å². The Morgan fingerprint density at radius 1 is 0.853 bits per heavy atom. The maximum Gasteiger partial charge on any atom is 0.152 e. The number of aromatic nitrogens is 3. The molecule has 1 aromatic heterocycles. The number of nitriles is 1. The minimum atomic E-state index is 0.387. The fourth-order valence-corrected chi connectivity index (χ4v) is 4.15. The molecule has 0 saturated heterocycles. The van der Waals surface area contributed by atoms with Crippen LogP contribution in [0, 0.1) is 23.7 Å². The number of terminal acetylenes is 1. The third-order valence-electron chi connectivity index (χ3n) is 5.29. The minimum absolute atomic E-state index is 0.387. The third kappa shape index (κ3) is 5.53. The van der Waals surface area contributed by atoms with Crippen LogP contribution < -0.4 is 4.90 Å². The SMILES string of the molecule is C#Cc1ccc(CN(Cc2nncn2Cc2ccc(C#N)cc2)c2cc(Cl)c(Cl)cc2Cl)cc1. The Balaban J connectivity index is 1.65. The molecule has 3 aromatic carbocycles. The molecule has 0 fully saturated rings. The summed E-state index contributed by atoms with van der Waals surface area (Å²) < 4.78 is 1.96. The lowest BCUT2D eigenvalue weighted by Gasteiger charge is -2.26. The predicted octanol–water partition coefficient (Wildman–Crippen LogP) is 6.35. The summed E-state index contributed by atoms with van der Waals surface area (Å²) in [6.45, 7) is 1.52. The molecule has 5 nitrogen and oxygen atoms in total. The molecule has 0 amide bonds. The van der Waals surface area contributed by atoms with E-state index in [4.69, 9.17) is 46.5 Å². The summed E-state index contributed by atoms with van der Waals surface area (Å²) in [4.78, 5) is 2.06. The second-order valence-electron chi connectivity index (χ2n) is 7.60. The molecular formula is C26H18Cl3N5. The molecule has 34 heavy (non-hydrogen) atoms. The lowest BCUT2D eigenvalue weighted by atomic mass is 10.1. The molecule has 168 valence electrons. The van der Waals surface area contributed by atoms with Gasteiger partial charge in [-0.3, -0.25) is 0 Å². The van der Waals surface area contributed by atoms with Crippen molar-refractivity contribution >= 4 is 40.5 Å². The smallest absolute Gasteiger partial charge is 0.152 e. The monoisotopic (exact) mass is 505 g/mol. The van der Waals surface area contributed by atoms with Crippen molar-refractivity contribution < 1.29 is 0 Å². The molecule has 0 aliphatic rings. The first-order chi connectivity index (χ1) is 16.5. The van der Waals surface area contributed by atoms with E-state index in [0.29, 0.717) is 40.3 Å². The van der Waals surface area contributed by atoms with E-state index < -0.39 is 0 Å². The fourth-order valence-electron chi connectivity index (χ4n) is 3.49. The van der Waals surface area contributed by atoms with Gasteiger partial charge in [0.1, 0.15) is 6.33 Å². The normalized spacial score (nSPS) is 10.5. The van der Waals surface area contributed by atoms with Gasteiger partial charge in [-0.1, -0.05) is 65.0 Å². The van der Waals surface area contributed by atoms with Crippen LogP contribution in [-0.4, -0.2) is 14.8 Å². The van der Waals surface area contributed by atoms with Gasteiger partial charge in [-0.05, 0) is 47.5 Å². The molecule has 4 rings (SSSR count). The zero-order valence-corrected chi connectivity index (χ0v) is 20.2. The lowest BCUT2D eigenvalue weighted by Crippen LogP contribution is -2.25. The van der Waals surface area contributed by atoms with Crippen LogP contribution in [-0.2, 0) is 19.6 Å². The average molecular weight is 507 g/mol. The molecule has 0 unspecified atom stereocenters. The first-order valence-electron chi connectivity index (χ1n) is 10.3. The number of nitrogens with zero attached hydrogens (tertiary/aromatic N) is 5. The molecular weight excluding hydrogens is 489 g/mol. The molecule has 0 aliphatic carbocycles. The van der Waals surface area contributed by atoms with E-state index in [9.17, 15) is 0 Å². The standard InChI is InChI=1S/C26H18Cl3N5/c1-2-18-3-7-20(8-4-18)14-33(25-12-23(28)22(27)11-24(25)29)16-26-32-31-17-34(26)15-21-9-5-19(13-30)6-10-21/h1,3-12,17H,14-16H2. The van der Waals surface area contributed by atoms with Crippen molar-refractivity contribution in [3.8, 4) is 18.4 Å². The van der Waals surface area contributed by atoms with Crippen molar-refractivity contribution in [1.29, 1.82) is 5.26 Å². The van der Waals surface area contributed by atoms with Crippen molar-refractivity contribution in [2.45, 2.75) is 19.6 Å². The van der Waals surface area contributed by atoms with Gasteiger partial charge < -0.3 is 9.47 Å². The van der Waals surface area contributed by atoms with Crippen molar-refractivity contribution in [2.75, 3.05) is 4.90 Å². The van der Waals surface area contributed by atoms with Crippen LogP contribution in [0.2, 0.25) is 15.1 Å². The maximum atomic E-state index is 9.03. The van der Waals surface area contributed by atoms with E-state index in [1.54, 1.807) is 30.6 Å². The maximum absolute atomic E-state index is 9.03. The summed E-state index contributed by atoms with van der Waals surface area (Å²) in [5.74, 6) is 3.37. The molecule has 8 heteroatoms. The van der Waals surface area contributed by atoms with E-state index in [-0.39, 0.29) is 0 Å². The molecule has 0 atom stereocenters. The highest BCUT2D eigenvalue weighted by Gasteiger charge is 2.18. The third-order valence-corrected chi connectivity index (χ3v) is 6.31. The zero-order chi connectivity index (χ0) is 24.1. The minimum Gasteiger partial charge on any atom is -0.358 e. The highest BCUT2D eigenvalue weighted by molar-refractivity contribution is 6.44. The Kier molecular flexibility index (Phi) is 7.40. The van der Waals surface area contributed by atoms with Gasteiger partial charge in [-0.15, -0.1) is 16.6 Å². The number of benzene rings is 3. The Hall–Kier alpha value is -3.48. The number of hydrogen-bond acceptors (Lipinski definition) is 4. The quantitative estimate of drug-likeness (QED) is 0.217. The van der Waals surface area contributed by atoms with Crippen molar-refractivity contribution in [1.82, 2.24) is 14.8 Å². The molecule has 1 heterocycles. The van der Waals surface area contributed by atoms with E-state index >= 15 is 0 Å². The Bertz CT molecular complexity index is 1380. The molecule has 0 radical (unpaired) electrons. The van der Waals surface area contributed by atoms with Gasteiger partial charge in [0.2, 0.25) is 0 Å². The van der Waals surface area contributed by atoms with Gasteiger partial charge in [-0.2, -0.15) is 5.26 Å². The fraction of sp³-hybridized carbons (Fsp3) is 0.115. The molecule has 4 aromatic rings. The zero-order valence-electron chi connectivity index (χ0n) is 17.9. The number of rotatable bonds is 7. The van der Waals surface area contributed by atoms with Crippen LogP contribution >= 0.6 is 34.8 Å². The highest BCUT2D eigenvalue weighted by atomic mass is 35.5. The average Bonchev–Trinajstić information content (AvgIpc) is 3.28. The largest absolute Gasteiger partial charge is 0.358 e. The molecule has 0 aliphatic heterocycles. The van der Waals surface area contributed by atoms with Crippen LogP contribution in [0.1, 0.15) is 28.1 Å². The molecule has 0 bridgehead atoms. The van der Waals surface area contributed by atoms with Crippen LogP contribution in [0.15, 0.2) is 67.0 Å². The predicted molar refractivity (Wildman–Crippen MR) is 136 cm³/mol. The summed E-state index contributed by atoms with van der Waals surface area (Å²) in [5.41, 5.74) is 4.22. The van der Waals surface area contributed by atoms with Gasteiger partial charge in [0.05, 0.1) is 45.5 Å². The van der Waals surface area contributed by atoms with Crippen molar-refractivity contribution in [3.05, 3.63) is 110 Å². The lowest BCUT2D eigenvalue weighted by molar-refractivity contribution is 0.680. The Morgan fingerprint density at radius 3 is 2.18 bits per heavy atom. The first-order valence-corrected chi connectivity index (χ1v) is 11.4. The summed E-state index contributed by atoms with van der Waals surface area (Å²) >= 11 is 19.1. The number of hydrogen-bond donors (Lipinski definition) is 0. The molecule has 0 saturated carbocycles. The van der Waals surface area contributed by atoms with Crippen LogP contribution in [0.4, 0.5) is 5.69 Å². The summed E-state index contributed by atoms with van der Waals surface area (Å²) in [7, 11) is 0. The number of anilines is 1. The van der Waals surface area contributed by atoms with Crippen molar-refractivity contribution in [3.63, 3.8) is 0 Å². The first kappa shape index (κ1) is 23.7. The second-order valence-corrected chi connectivity index (χ2v) is 8.82. The van der Waals surface area contributed by atoms with E-state index in [1.165, 1.54) is 0 Å². The van der Waals surface area contributed by atoms with E-state index in [2.05, 4.69) is 27.1 Å². The van der Waals surface area contributed by atoms with Crippen LogP contribution in [0.5, 0.6) is 0 Å². The number of halogens is 3.